The molecule has 1 aromatic heterocycles. The molecule has 0 unspecified atom stereocenters. The molecule has 0 aliphatic heterocycles. The van der Waals surface area contributed by atoms with E-state index < -0.39 is 0 Å². The van der Waals surface area contributed by atoms with E-state index in [1.165, 1.54) is 0 Å². The summed E-state index contributed by atoms with van der Waals surface area (Å²) in [5, 5.41) is 4.35. The summed E-state index contributed by atoms with van der Waals surface area (Å²) in [6, 6.07) is 0. The van der Waals surface area contributed by atoms with Gasteiger partial charge in [-0.15, -0.1) is 11.6 Å². The summed E-state index contributed by atoms with van der Waals surface area (Å²) in [6.07, 6.45) is 1.73. The number of aryl methyl sites for hydroxylation is 2. The van der Waals surface area contributed by atoms with Gasteiger partial charge in [-0.1, -0.05) is 0 Å². The van der Waals surface area contributed by atoms with E-state index >= 15 is 0 Å². The van der Waals surface area contributed by atoms with Gasteiger partial charge in [0.1, 0.15) is 5.78 Å². The Balaban J connectivity index is 2.75. The molecule has 3 nitrogen and oxygen atoms in total. The number of rotatable bonds is 6. The Morgan fingerprint density at radius 2 is 2.25 bits per heavy atom. The van der Waals surface area contributed by atoms with Crippen molar-refractivity contribution in [2.24, 2.45) is 0 Å². The number of alkyl halides is 1. The molecule has 1 aromatic rings. The van der Waals surface area contributed by atoms with Gasteiger partial charge in [-0.25, -0.2) is 0 Å². The Bertz CT molecular complexity index is 376. The van der Waals surface area contributed by atoms with Gasteiger partial charge >= 0.3 is 0 Å². The quantitative estimate of drug-likeness (QED) is 0.757. The van der Waals surface area contributed by atoms with E-state index in [1.807, 2.05) is 18.5 Å². The van der Waals surface area contributed by atoms with Crippen LogP contribution < -0.4 is 0 Å². The van der Waals surface area contributed by atoms with Crippen molar-refractivity contribution < 1.29 is 4.79 Å². The molecular formula is C11H16BrClN2O. The molecule has 0 aliphatic rings. The Kier molecular flexibility index (Phi) is 5.49. The Morgan fingerprint density at radius 1 is 1.56 bits per heavy atom. The highest BCUT2D eigenvalue weighted by Gasteiger charge is 2.15. The maximum absolute atomic E-state index is 11.7. The summed E-state index contributed by atoms with van der Waals surface area (Å²) < 4.78 is 2.83. The van der Waals surface area contributed by atoms with Crippen molar-refractivity contribution in [3.8, 4) is 0 Å². The lowest BCUT2D eigenvalue weighted by atomic mass is 10.1. The average molecular weight is 308 g/mol. The van der Waals surface area contributed by atoms with Crippen LogP contribution in [0.1, 0.15) is 31.2 Å². The third-order valence-corrected chi connectivity index (χ3v) is 3.71. The zero-order valence-electron chi connectivity index (χ0n) is 9.59. The maximum atomic E-state index is 11.7. The van der Waals surface area contributed by atoms with Gasteiger partial charge in [0.2, 0.25) is 0 Å². The van der Waals surface area contributed by atoms with Gasteiger partial charge in [0.05, 0.1) is 15.9 Å². The molecule has 16 heavy (non-hydrogen) atoms. The second kappa shape index (κ2) is 6.40. The molecule has 5 heteroatoms. The lowest BCUT2D eigenvalue weighted by Gasteiger charge is -2.04. The summed E-state index contributed by atoms with van der Waals surface area (Å²) in [5.74, 6) is 0.759. The Hall–Kier alpha value is -0.350. The van der Waals surface area contributed by atoms with Gasteiger partial charge in [-0.3, -0.25) is 9.48 Å². The van der Waals surface area contributed by atoms with Crippen molar-refractivity contribution >= 4 is 33.3 Å². The van der Waals surface area contributed by atoms with Crippen LogP contribution in [0.2, 0.25) is 0 Å². The molecule has 0 radical (unpaired) electrons. The fraction of sp³-hybridized carbons (Fsp3) is 0.636. The van der Waals surface area contributed by atoms with Crippen LogP contribution in [0.4, 0.5) is 0 Å². The first-order valence-electron chi connectivity index (χ1n) is 5.39. The van der Waals surface area contributed by atoms with Gasteiger partial charge in [0.25, 0.3) is 0 Å². The Labute approximate surface area is 109 Å². The number of carbonyl (C=O) groups excluding carboxylic acids is 1. The minimum atomic E-state index is 0.218. The summed E-state index contributed by atoms with van der Waals surface area (Å²) >= 11 is 9.04. The van der Waals surface area contributed by atoms with Crippen molar-refractivity contribution in [2.75, 3.05) is 5.88 Å². The van der Waals surface area contributed by atoms with E-state index in [0.717, 1.165) is 28.8 Å². The van der Waals surface area contributed by atoms with Gasteiger partial charge in [0, 0.05) is 25.3 Å². The maximum Gasteiger partial charge on any atom is 0.138 e. The highest BCUT2D eigenvalue weighted by atomic mass is 79.9. The van der Waals surface area contributed by atoms with Crippen molar-refractivity contribution in [3.63, 3.8) is 0 Å². The molecule has 0 aliphatic carbocycles. The molecular weight excluding hydrogens is 291 g/mol. The van der Waals surface area contributed by atoms with Crippen molar-refractivity contribution in [3.05, 3.63) is 15.9 Å². The first kappa shape index (κ1) is 13.7. The molecule has 90 valence electrons. The molecule has 0 bridgehead atoms. The summed E-state index contributed by atoms with van der Waals surface area (Å²) in [6.45, 7) is 4.74. The number of nitrogens with zero attached hydrogens (tertiary/aromatic N) is 2. The largest absolute Gasteiger partial charge is 0.299 e. The first-order chi connectivity index (χ1) is 7.60. The van der Waals surface area contributed by atoms with Crippen molar-refractivity contribution in [2.45, 2.75) is 39.7 Å². The van der Waals surface area contributed by atoms with Crippen LogP contribution in [0.3, 0.4) is 0 Å². The van der Waals surface area contributed by atoms with Gasteiger partial charge < -0.3 is 0 Å². The van der Waals surface area contributed by atoms with Gasteiger partial charge in [0.15, 0.2) is 0 Å². The van der Waals surface area contributed by atoms with Crippen LogP contribution in [0.5, 0.6) is 0 Å². The van der Waals surface area contributed by atoms with E-state index in [0.29, 0.717) is 18.7 Å². The summed E-state index contributed by atoms with van der Waals surface area (Å²) in [5.41, 5.74) is 1.90. The van der Waals surface area contributed by atoms with Crippen molar-refractivity contribution in [1.29, 1.82) is 0 Å². The normalized spacial score (nSPS) is 10.8. The number of carbonyl (C=O) groups is 1. The predicted molar refractivity (Wildman–Crippen MR) is 69.0 cm³/mol. The number of Topliss-reactive ketones (excluding diaryl/α,β-unsaturated/α-hetero) is 1. The molecule has 0 N–H and O–H groups in total. The van der Waals surface area contributed by atoms with E-state index in [9.17, 15) is 4.79 Å². The number of ketones is 1. The average Bonchev–Trinajstić information content (AvgIpc) is 2.54. The van der Waals surface area contributed by atoms with Crippen LogP contribution in [0.15, 0.2) is 4.47 Å². The molecule has 0 spiro atoms. The standard InChI is InChI=1S/C11H16BrClN2O/c1-3-15-10(11(12)8(2)14-15)7-9(16)5-4-6-13/h3-7H2,1-2H3. The highest BCUT2D eigenvalue weighted by Crippen LogP contribution is 2.22. The van der Waals surface area contributed by atoms with Gasteiger partial charge in [-0.2, -0.15) is 5.10 Å². The van der Waals surface area contributed by atoms with Crippen LogP contribution in [-0.4, -0.2) is 21.4 Å². The SMILES string of the molecule is CCn1nc(C)c(Br)c1CC(=O)CCCCl. The fourth-order valence-corrected chi connectivity index (χ4v) is 2.13. The third-order valence-electron chi connectivity index (χ3n) is 2.41. The number of hydrogen-bond acceptors (Lipinski definition) is 2. The van der Waals surface area contributed by atoms with Crippen LogP contribution in [0, 0.1) is 6.92 Å². The number of aromatic nitrogens is 2. The molecule has 1 rings (SSSR count). The smallest absolute Gasteiger partial charge is 0.138 e. The molecule has 0 saturated heterocycles. The second-order valence-corrected chi connectivity index (χ2v) is 4.84. The van der Waals surface area contributed by atoms with Crippen molar-refractivity contribution in [1.82, 2.24) is 9.78 Å². The predicted octanol–water partition coefficient (Wildman–Crippen LogP) is 3.10. The summed E-state index contributed by atoms with van der Waals surface area (Å²) in [7, 11) is 0. The molecule has 0 amide bonds. The fourth-order valence-electron chi connectivity index (χ4n) is 1.58. The van der Waals surface area contributed by atoms with Crippen LogP contribution in [-0.2, 0) is 17.8 Å². The Morgan fingerprint density at radius 3 is 2.81 bits per heavy atom. The minimum Gasteiger partial charge on any atom is -0.299 e. The van der Waals surface area contributed by atoms with E-state index in [2.05, 4.69) is 21.0 Å². The lowest BCUT2D eigenvalue weighted by molar-refractivity contribution is -0.118. The van der Waals surface area contributed by atoms with E-state index in [1.54, 1.807) is 0 Å². The molecule has 0 atom stereocenters. The zero-order chi connectivity index (χ0) is 12.1. The first-order valence-corrected chi connectivity index (χ1v) is 6.72. The topological polar surface area (TPSA) is 34.9 Å². The van der Waals surface area contributed by atoms with Gasteiger partial charge in [-0.05, 0) is 36.2 Å². The third kappa shape index (κ3) is 3.32. The molecule has 1 heterocycles. The zero-order valence-corrected chi connectivity index (χ0v) is 11.9. The number of halogens is 2. The lowest BCUT2D eigenvalue weighted by Crippen LogP contribution is -2.09. The molecule has 0 saturated carbocycles. The van der Waals surface area contributed by atoms with E-state index in [-0.39, 0.29) is 5.78 Å². The molecule has 0 fully saturated rings. The molecule has 0 aromatic carbocycles. The highest BCUT2D eigenvalue weighted by molar-refractivity contribution is 9.10. The second-order valence-electron chi connectivity index (χ2n) is 3.67. The van der Waals surface area contributed by atoms with Crippen LogP contribution in [0.25, 0.3) is 0 Å². The summed E-state index contributed by atoms with van der Waals surface area (Å²) in [4.78, 5) is 11.7. The number of hydrogen-bond donors (Lipinski definition) is 0. The minimum absolute atomic E-state index is 0.218. The monoisotopic (exact) mass is 306 g/mol. The van der Waals surface area contributed by atoms with E-state index in [4.69, 9.17) is 11.6 Å². The van der Waals surface area contributed by atoms with Crippen LogP contribution >= 0.6 is 27.5 Å².